The van der Waals surface area contributed by atoms with Crippen LogP contribution in [0.25, 0.3) is 0 Å². The third kappa shape index (κ3) is 1.39. The van der Waals surface area contributed by atoms with Crippen molar-refractivity contribution >= 4 is 17.1 Å². The molecule has 14 heavy (non-hydrogen) atoms. The van der Waals surface area contributed by atoms with Crippen LogP contribution in [-0.2, 0) is 0 Å². The number of likely N-dealkylation sites (N-methyl/N-ethyl adjacent to an activating group) is 1. The van der Waals surface area contributed by atoms with Gasteiger partial charge in [0.05, 0.1) is 17.1 Å². The fourth-order valence-electron chi connectivity index (χ4n) is 2.16. The zero-order valence-electron chi connectivity index (χ0n) is 8.96. The number of nitrogen functional groups attached to an aromatic ring is 1. The Morgan fingerprint density at radius 1 is 1.43 bits per heavy atom. The van der Waals surface area contributed by atoms with Crippen molar-refractivity contribution in [1.29, 1.82) is 0 Å². The van der Waals surface area contributed by atoms with Gasteiger partial charge in [-0.1, -0.05) is 6.07 Å². The predicted octanol–water partition coefficient (Wildman–Crippen LogP) is 1.91. The van der Waals surface area contributed by atoms with Crippen LogP contribution in [0.4, 0.5) is 17.1 Å². The number of nitrogens with two attached hydrogens (primary N) is 1. The Bertz CT molecular complexity index is 358. The standard InChI is InChI=1S/C11H17N3/c1-11(2)7-14(3)10-8(12)5-4-6-9(10)13-11/h4-6,13H,7,12H2,1-3H3. The smallest absolute Gasteiger partial charge is 0.0833 e. The molecular weight excluding hydrogens is 174 g/mol. The number of fused-ring (bicyclic) bond motifs is 1. The maximum atomic E-state index is 5.94. The molecule has 0 saturated heterocycles. The zero-order valence-corrected chi connectivity index (χ0v) is 8.96. The van der Waals surface area contributed by atoms with E-state index < -0.39 is 0 Å². The summed E-state index contributed by atoms with van der Waals surface area (Å²) < 4.78 is 0. The van der Waals surface area contributed by atoms with E-state index in [0.717, 1.165) is 23.6 Å². The van der Waals surface area contributed by atoms with Gasteiger partial charge in [-0.2, -0.15) is 0 Å². The highest BCUT2D eigenvalue weighted by molar-refractivity contribution is 5.84. The lowest BCUT2D eigenvalue weighted by Gasteiger charge is -2.40. The van der Waals surface area contributed by atoms with Crippen LogP contribution in [0.5, 0.6) is 0 Å². The molecule has 1 heterocycles. The number of nitrogens with one attached hydrogen (secondary N) is 1. The van der Waals surface area contributed by atoms with Crippen LogP contribution in [0.1, 0.15) is 13.8 Å². The molecule has 3 heteroatoms. The van der Waals surface area contributed by atoms with Gasteiger partial charge in [0.1, 0.15) is 0 Å². The molecule has 0 spiro atoms. The van der Waals surface area contributed by atoms with Gasteiger partial charge in [-0.05, 0) is 26.0 Å². The van der Waals surface area contributed by atoms with E-state index in [9.17, 15) is 0 Å². The van der Waals surface area contributed by atoms with Gasteiger partial charge in [0.2, 0.25) is 0 Å². The molecule has 1 aliphatic heterocycles. The summed E-state index contributed by atoms with van der Waals surface area (Å²) in [4.78, 5) is 2.21. The number of anilines is 3. The average Bonchev–Trinajstić information content (AvgIpc) is 2.00. The van der Waals surface area contributed by atoms with E-state index in [2.05, 4.69) is 37.2 Å². The molecule has 3 nitrogen and oxygen atoms in total. The first kappa shape index (κ1) is 9.19. The second kappa shape index (κ2) is 2.80. The third-order valence-corrected chi connectivity index (χ3v) is 2.55. The van der Waals surface area contributed by atoms with Crippen molar-refractivity contribution in [3.8, 4) is 0 Å². The van der Waals surface area contributed by atoms with Crippen molar-refractivity contribution in [2.75, 3.05) is 29.5 Å². The monoisotopic (exact) mass is 191 g/mol. The van der Waals surface area contributed by atoms with Gasteiger partial charge in [-0.15, -0.1) is 0 Å². The molecule has 1 aromatic carbocycles. The molecule has 0 fully saturated rings. The molecule has 0 saturated carbocycles. The molecule has 2 rings (SSSR count). The van der Waals surface area contributed by atoms with Gasteiger partial charge in [-0.3, -0.25) is 0 Å². The van der Waals surface area contributed by atoms with Crippen LogP contribution in [0.2, 0.25) is 0 Å². The Kier molecular flexibility index (Phi) is 1.84. The van der Waals surface area contributed by atoms with E-state index in [1.807, 2.05) is 12.1 Å². The molecule has 1 aliphatic rings. The number of nitrogens with zero attached hydrogens (tertiary/aromatic N) is 1. The van der Waals surface area contributed by atoms with Gasteiger partial charge in [-0.25, -0.2) is 0 Å². The summed E-state index contributed by atoms with van der Waals surface area (Å²) in [5, 5.41) is 3.49. The highest BCUT2D eigenvalue weighted by Gasteiger charge is 2.28. The van der Waals surface area contributed by atoms with Gasteiger partial charge in [0.25, 0.3) is 0 Å². The molecule has 0 unspecified atom stereocenters. The summed E-state index contributed by atoms with van der Waals surface area (Å²) in [6.07, 6.45) is 0. The maximum Gasteiger partial charge on any atom is 0.0833 e. The van der Waals surface area contributed by atoms with E-state index in [4.69, 9.17) is 5.73 Å². The topological polar surface area (TPSA) is 41.3 Å². The SMILES string of the molecule is CN1CC(C)(C)Nc2cccc(N)c21. The first-order valence-corrected chi connectivity index (χ1v) is 4.87. The summed E-state index contributed by atoms with van der Waals surface area (Å²) in [6.45, 7) is 5.35. The second-order valence-corrected chi connectivity index (χ2v) is 4.61. The van der Waals surface area contributed by atoms with Crippen molar-refractivity contribution in [2.24, 2.45) is 0 Å². The number of para-hydroxylation sites is 1. The van der Waals surface area contributed by atoms with Gasteiger partial charge in [0, 0.05) is 19.1 Å². The minimum absolute atomic E-state index is 0.107. The van der Waals surface area contributed by atoms with E-state index >= 15 is 0 Å². The number of hydrogen-bond donors (Lipinski definition) is 2. The van der Waals surface area contributed by atoms with Crippen molar-refractivity contribution in [1.82, 2.24) is 0 Å². The van der Waals surface area contributed by atoms with Gasteiger partial charge >= 0.3 is 0 Å². The molecule has 1 aromatic rings. The average molecular weight is 191 g/mol. The van der Waals surface area contributed by atoms with Crippen molar-refractivity contribution in [3.05, 3.63) is 18.2 Å². The molecule has 76 valence electrons. The van der Waals surface area contributed by atoms with Crippen molar-refractivity contribution < 1.29 is 0 Å². The summed E-state index contributed by atoms with van der Waals surface area (Å²) >= 11 is 0. The lowest BCUT2D eigenvalue weighted by molar-refractivity contribution is 0.550. The Morgan fingerprint density at radius 2 is 2.14 bits per heavy atom. The zero-order chi connectivity index (χ0) is 10.3. The Balaban J connectivity index is 2.50. The molecule has 0 radical (unpaired) electrons. The van der Waals surface area contributed by atoms with Gasteiger partial charge < -0.3 is 16.0 Å². The lowest BCUT2D eigenvalue weighted by atomic mass is 9.99. The van der Waals surface area contributed by atoms with Crippen LogP contribution >= 0.6 is 0 Å². The van der Waals surface area contributed by atoms with Crippen LogP contribution in [0, 0.1) is 0 Å². The highest BCUT2D eigenvalue weighted by atomic mass is 15.2. The molecule has 0 bridgehead atoms. The molecule has 0 amide bonds. The Morgan fingerprint density at radius 3 is 2.86 bits per heavy atom. The Hall–Kier alpha value is -1.38. The summed E-state index contributed by atoms with van der Waals surface area (Å²) in [5.41, 5.74) is 9.13. The van der Waals surface area contributed by atoms with Crippen molar-refractivity contribution in [3.63, 3.8) is 0 Å². The fraction of sp³-hybridized carbons (Fsp3) is 0.455. The number of hydrogen-bond acceptors (Lipinski definition) is 3. The molecule has 0 atom stereocenters. The minimum Gasteiger partial charge on any atom is -0.397 e. The second-order valence-electron chi connectivity index (χ2n) is 4.61. The molecular formula is C11H17N3. The summed E-state index contributed by atoms with van der Waals surface area (Å²) in [7, 11) is 2.08. The first-order valence-electron chi connectivity index (χ1n) is 4.87. The van der Waals surface area contributed by atoms with Crippen LogP contribution in [0.3, 0.4) is 0 Å². The van der Waals surface area contributed by atoms with Crippen LogP contribution in [0.15, 0.2) is 18.2 Å². The fourth-order valence-corrected chi connectivity index (χ4v) is 2.16. The van der Waals surface area contributed by atoms with E-state index in [1.165, 1.54) is 0 Å². The normalized spacial score (nSPS) is 18.6. The Labute approximate surface area is 84.9 Å². The summed E-state index contributed by atoms with van der Waals surface area (Å²) in [6, 6.07) is 5.99. The van der Waals surface area contributed by atoms with E-state index in [1.54, 1.807) is 0 Å². The molecule has 0 aromatic heterocycles. The first-order chi connectivity index (χ1) is 6.49. The molecule has 0 aliphatic carbocycles. The minimum atomic E-state index is 0.107. The quantitative estimate of drug-likeness (QED) is 0.615. The third-order valence-electron chi connectivity index (χ3n) is 2.55. The van der Waals surface area contributed by atoms with Crippen molar-refractivity contribution in [2.45, 2.75) is 19.4 Å². The number of rotatable bonds is 0. The maximum absolute atomic E-state index is 5.94. The van der Waals surface area contributed by atoms with Crippen LogP contribution in [-0.4, -0.2) is 19.1 Å². The largest absolute Gasteiger partial charge is 0.397 e. The highest BCUT2D eigenvalue weighted by Crippen LogP contribution is 2.37. The predicted molar refractivity (Wildman–Crippen MR) is 61.8 cm³/mol. The lowest BCUT2D eigenvalue weighted by Crippen LogP contribution is -2.47. The van der Waals surface area contributed by atoms with Crippen LogP contribution < -0.4 is 16.0 Å². The number of benzene rings is 1. The summed E-state index contributed by atoms with van der Waals surface area (Å²) in [5.74, 6) is 0. The van der Waals surface area contributed by atoms with E-state index in [0.29, 0.717) is 0 Å². The molecule has 3 N–H and O–H groups in total. The van der Waals surface area contributed by atoms with Gasteiger partial charge in [0.15, 0.2) is 0 Å². The van der Waals surface area contributed by atoms with E-state index in [-0.39, 0.29) is 5.54 Å².